The first kappa shape index (κ1) is 19.6. The molecule has 0 fully saturated rings. The van der Waals surface area contributed by atoms with Crippen molar-refractivity contribution in [2.45, 2.75) is 53.1 Å². The number of rotatable bonds is 6. The van der Waals surface area contributed by atoms with Crippen LogP contribution in [0.1, 0.15) is 50.2 Å². The molecule has 1 amide bonds. The number of fused-ring (bicyclic) bond motifs is 1. The average Bonchev–Trinajstić information content (AvgIpc) is 2.60. The van der Waals surface area contributed by atoms with Crippen LogP contribution in [0.25, 0.3) is 11.0 Å². The average molecular weight is 359 g/mol. The summed E-state index contributed by atoms with van der Waals surface area (Å²) in [5, 5.41) is 2.80. The molecule has 1 aromatic heterocycles. The zero-order valence-corrected chi connectivity index (χ0v) is 15.9. The van der Waals surface area contributed by atoms with Gasteiger partial charge in [0.05, 0.1) is 16.6 Å². The van der Waals surface area contributed by atoms with E-state index in [2.05, 4.69) is 10.3 Å². The minimum Gasteiger partial charge on any atom is -0.452 e. The van der Waals surface area contributed by atoms with Crippen molar-refractivity contribution in [2.75, 3.05) is 6.61 Å². The molecular weight excluding hydrogens is 334 g/mol. The van der Waals surface area contributed by atoms with Gasteiger partial charge < -0.3 is 14.6 Å². The normalized spacial score (nSPS) is 11.4. The van der Waals surface area contributed by atoms with E-state index < -0.39 is 5.97 Å². The molecule has 0 atom stereocenters. The largest absolute Gasteiger partial charge is 0.452 e. The van der Waals surface area contributed by atoms with Crippen LogP contribution < -0.4 is 10.9 Å². The Kier molecular flexibility index (Phi) is 5.79. The molecule has 140 valence electrons. The van der Waals surface area contributed by atoms with Gasteiger partial charge in [-0.25, -0.2) is 9.78 Å². The lowest BCUT2D eigenvalue weighted by molar-refractivity contribution is -0.125. The van der Waals surface area contributed by atoms with Gasteiger partial charge in [-0.05, 0) is 52.3 Å². The van der Waals surface area contributed by atoms with Crippen molar-refractivity contribution in [3.63, 3.8) is 0 Å². The number of nitrogens with zero attached hydrogens (tertiary/aromatic N) is 2. The summed E-state index contributed by atoms with van der Waals surface area (Å²) in [5.41, 5.74) is 1.35. The molecule has 2 aromatic rings. The van der Waals surface area contributed by atoms with Gasteiger partial charge in [-0.3, -0.25) is 9.59 Å². The van der Waals surface area contributed by atoms with Gasteiger partial charge in [-0.15, -0.1) is 0 Å². The number of amides is 1. The second-order valence-corrected chi connectivity index (χ2v) is 6.81. The quantitative estimate of drug-likeness (QED) is 0.799. The van der Waals surface area contributed by atoms with E-state index in [9.17, 15) is 14.4 Å². The van der Waals surface area contributed by atoms with Crippen molar-refractivity contribution in [2.24, 2.45) is 0 Å². The zero-order chi connectivity index (χ0) is 19.5. The number of benzene rings is 1. The lowest BCUT2D eigenvalue weighted by Crippen LogP contribution is -2.44. The van der Waals surface area contributed by atoms with Gasteiger partial charge >= 0.3 is 5.97 Å². The zero-order valence-electron chi connectivity index (χ0n) is 15.9. The molecule has 0 aliphatic carbocycles. The van der Waals surface area contributed by atoms with Gasteiger partial charge in [0.1, 0.15) is 5.69 Å². The molecule has 7 nitrogen and oxygen atoms in total. The van der Waals surface area contributed by atoms with Crippen LogP contribution in [0.3, 0.4) is 0 Å². The van der Waals surface area contributed by atoms with Crippen molar-refractivity contribution in [3.05, 3.63) is 39.8 Å². The maximum atomic E-state index is 12.2. The molecule has 0 radical (unpaired) electrons. The van der Waals surface area contributed by atoms with E-state index in [1.807, 2.05) is 27.7 Å². The highest BCUT2D eigenvalue weighted by Crippen LogP contribution is 2.14. The molecule has 0 aliphatic rings. The first-order chi connectivity index (χ1) is 12.2. The Hall–Kier alpha value is -2.70. The van der Waals surface area contributed by atoms with Crippen LogP contribution in [0.5, 0.6) is 0 Å². The third kappa shape index (κ3) is 4.28. The van der Waals surface area contributed by atoms with Gasteiger partial charge in [-0.2, -0.15) is 0 Å². The Morgan fingerprint density at radius 2 is 1.96 bits per heavy atom. The van der Waals surface area contributed by atoms with E-state index in [0.29, 0.717) is 23.3 Å². The Morgan fingerprint density at radius 1 is 1.27 bits per heavy atom. The fourth-order valence-electron chi connectivity index (χ4n) is 2.53. The lowest BCUT2D eigenvalue weighted by Gasteiger charge is -2.24. The Bertz CT molecular complexity index is 900. The second kappa shape index (κ2) is 7.68. The standard InChI is InChI=1S/C19H25N3O4/c1-6-19(4,5)21-16(23)11-26-18(25)13-8-9-15-14(10-13)20-12(3)17(24)22(15)7-2/h8-10H,6-7,11H2,1-5H3,(H,21,23). The van der Waals surface area contributed by atoms with Crippen LogP contribution in [0.2, 0.25) is 0 Å². The van der Waals surface area contributed by atoms with Gasteiger partial charge in [0.2, 0.25) is 0 Å². The molecule has 1 heterocycles. The van der Waals surface area contributed by atoms with Crippen LogP contribution in [0.4, 0.5) is 0 Å². The summed E-state index contributed by atoms with van der Waals surface area (Å²) in [5.74, 6) is -0.954. The summed E-state index contributed by atoms with van der Waals surface area (Å²) in [4.78, 5) is 40.5. The summed E-state index contributed by atoms with van der Waals surface area (Å²) in [6, 6.07) is 4.81. The van der Waals surface area contributed by atoms with Crippen LogP contribution in [0.15, 0.2) is 23.0 Å². The van der Waals surface area contributed by atoms with Gasteiger partial charge in [0, 0.05) is 12.1 Å². The number of carbonyl (C=O) groups is 2. The maximum Gasteiger partial charge on any atom is 0.338 e. The highest BCUT2D eigenvalue weighted by Gasteiger charge is 2.19. The van der Waals surface area contributed by atoms with Crippen molar-refractivity contribution < 1.29 is 14.3 Å². The SMILES string of the molecule is CCn1c(=O)c(C)nc2cc(C(=O)OCC(=O)NC(C)(C)CC)ccc21. The van der Waals surface area contributed by atoms with E-state index in [-0.39, 0.29) is 29.2 Å². The summed E-state index contributed by atoms with van der Waals surface area (Å²) in [7, 11) is 0. The number of nitrogens with one attached hydrogen (secondary N) is 1. The Balaban J connectivity index is 2.17. The van der Waals surface area contributed by atoms with Crippen molar-refractivity contribution in [3.8, 4) is 0 Å². The first-order valence-corrected chi connectivity index (χ1v) is 8.68. The lowest BCUT2D eigenvalue weighted by atomic mass is 10.0. The third-order valence-electron chi connectivity index (χ3n) is 4.36. The van der Waals surface area contributed by atoms with Crippen LogP contribution in [-0.4, -0.2) is 33.6 Å². The number of ether oxygens (including phenoxy) is 1. The molecule has 0 saturated heterocycles. The number of esters is 1. The molecule has 1 N–H and O–H groups in total. The van der Waals surface area contributed by atoms with E-state index in [1.165, 1.54) is 0 Å². The predicted molar refractivity (Wildman–Crippen MR) is 99.2 cm³/mol. The number of aromatic nitrogens is 2. The summed E-state index contributed by atoms with van der Waals surface area (Å²) in [6.45, 7) is 9.44. The number of hydrogen-bond donors (Lipinski definition) is 1. The van der Waals surface area contributed by atoms with Crippen LogP contribution in [0, 0.1) is 6.92 Å². The molecule has 7 heteroatoms. The summed E-state index contributed by atoms with van der Waals surface area (Å²) >= 11 is 0. The van der Waals surface area contributed by atoms with Crippen molar-refractivity contribution in [1.82, 2.24) is 14.9 Å². The smallest absolute Gasteiger partial charge is 0.338 e. The van der Waals surface area contributed by atoms with E-state index in [4.69, 9.17) is 4.74 Å². The van der Waals surface area contributed by atoms with Gasteiger partial charge in [0.25, 0.3) is 11.5 Å². The Labute approximate surface area is 152 Å². The summed E-state index contributed by atoms with van der Waals surface area (Å²) < 4.78 is 6.70. The third-order valence-corrected chi connectivity index (χ3v) is 4.36. The molecule has 2 rings (SSSR count). The maximum absolute atomic E-state index is 12.2. The molecule has 0 bridgehead atoms. The fraction of sp³-hybridized carbons (Fsp3) is 0.474. The van der Waals surface area contributed by atoms with E-state index in [0.717, 1.165) is 6.42 Å². The van der Waals surface area contributed by atoms with Gasteiger partial charge in [0.15, 0.2) is 6.61 Å². The van der Waals surface area contributed by atoms with Crippen LogP contribution in [-0.2, 0) is 16.1 Å². The number of carbonyl (C=O) groups excluding carboxylic acids is 2. The van der Waals surface area contributed by atoms with E-state index in [1.54, 1.807) is 29.7 Å². The fourth-order valence-corrected chi connectivity index (χ4v) is 2.53. The number of aryl methyl sites for hydroxylation is 2. The second-order valence-electron chi connectivity index (χ2n) is 6.81. The highest BCUT2D eigenvalue weighted by molar-refractivity contribution is 5.94. The molecule has 0 unspecified atom stereocenters. The minimum atomic E-state index is -0.606. The summed E-state index contributed by atoms with van der Waals surface area (Å²) in [6.07, 6.45) is 0.765. The minimum absolute atomic E-state index is 0.148. The molecule has 1 aromatic carbocycles. The molecular formula is C19H25N3O4. The van der Waals surface area contributed by atoms with Crippen LogP contribution >= 0.6 is 0 Å². The van der Waals surface area contributed by atoms with Gasteiger partial charge in [-0.1, -0.05) is 6.92 Å². The van der Waals surface area contributed by atoms with Crippen molar-refractivity contribution in [1.29, 1.82) is 0 Å². The molecule has 0 aliphatic heterocycles. The first-order valence-electron chi connectivity index (χ1n) is 8.68. The van der Waals surface area contributed by atoms with E-state index >= 15 is 0 Å². The molecule has 0 spiro atoms. The Morgan fingerprint density at radius 3 is 2.58 bits per heavy atom. The molecule has 0 saturated carbocycles. The highest BCUT2D eigenvalue weighted by atomic mass is 16.5. The predicted octanol–water partition coefficient (Wildman–Crippen LogP) is 2.19. The van der Waals surface area contributed by atoms with Crippen molar-refractivity contribution >= 4 is 22.9 Å². The molecule has 26 heavy (non-hydrogen) atoms. The monoisotopic (exact) mass is 359 g/mol. The number of hydrogen-bond acceptors (Lipinski definition) is 5. The topological polar surface area (TPSA) is 90.3 Å².